The number of anilines is 1. The number of nitrogens with zero attached hydrogens (tertiary/aromatic N) is 1. The average Bonchev–Trinajstić information content (AvgIpc) is 3.19. The second kappa shape index (κ2) is 8.76. The van der Waals surface area contributed by atoms with Gasteiger partial charge in [-0.1, -0.05) is 23.2 Å². The third-order valence-electron chi connectivity index (χ3n) is 3.71. The number of carbonyl (C=O) groups excluding carboxylic acids is 2. The van der Waals surface area contributed by atoms with E-state index in [0.29, 0.717) is 21.3 Å². The van der Waals surface area contributed by atoms with Crippen molar-refractivity contribution in [3.63, 3.8) is 0 Å². The molecule has 0 saturated heterocycles. The molecule has 3 rings (SSSR count). The van der Waals surface area contributed by atoms with E-state index < -0.39 is 24.3 Å². The number of halogens is 2. The topological polar surface area (TPSA) is 122 Å². The zero-order valence-electron chi connectivity index (χ0n) is 14.6. The molecule has 2 amide bonds. The summed E-state index contributed by atoms with van der Waals surface area (Å²) in [5.41, 5.74) is 1.29. The first-order chi connectivity index (χ1) is 13.8. The van der Waals surface area contributed by atoms with Crippen LogP contribution in [0.1, 0.15) is 20.8 Å². The lowest BCUT2D eigenvalue weighted by Gasteiger charge is -2.05. The number of carbonyl (C=O) groups is 3. The number of nitrogens with one attached hydrogen (secondary N) is 2. The van der Waals surface area contributed by atoms with E-state index in [1.807, 2.05) is 0 Å². The van der Waals surface area contributed by atoms with Crippen molar-refractivity contribution in [2.24, 2.45) is 0 Å². The lowest BCUT2D eigenvalue weighted by Crippen LogP contribution is -2.29. The quantitative estimate of drug-likeness (QED) is 0.544. The summed E-state index contributed by atoms with van der Waals surface area (Å²) in [5.74, 6) is -1.98. The van der Waals surface area contributed by atoms with E-state index in [1.165, 1.54) is 30.5 Å². The Balaban J connectivity index is 1.66. The Morgan fingerprint density at radius 2 is 1.72 bits per heavy atom. The predicted octanol–water partition coefficient (Wildman–Crippen LogP) is 3.72. The third kappa shape index (κ3) is 5.13. The highest BCUT2D eigenvalue weighted by molar-refractivity contribution is 6.42. The van der Waals surface area contributed by atoms with Crippen molar-refractivity contribution in [1.29, 1.82) is 0 Å². The number of carboxylic acids is 1. The first-order valence-corrected chi connectivity index (χ1v) is 8.91. The van der Waals surface area contributed by atoms with Gasteiger partial charge in [0, 0.05) is 16.8 Å². The molecule has 1 aromatic heterocycles. The van der Waals surface area contributed by atoms with Crippen molar-refractivity contribution >= 4 is 46.7 Å². The molecule has 3 aromatic rings. The Morgan fingerprint density at radius 1 is 1.00 bits per heavy atom. The Kier molecular flexibility index (Phi) is 6.16. The number of hydrogen-bond acceptors (Lipinski definition) is 5. The van der Waals surface area contributed by atoms with Gasteiger partial charge in [0.25, 0.3) is 11.8 Å². The zero-order chi connectivity index (χ0) is 21.0. The summed E-state index contributed by atoms with van der Waals surface area (Å²) in [6, 6.07) is 10.8. The maximum absolute atomic E-state index is 12.4. The molecule has 0 aliphatic heterocycles. The van der Waals surface area contributed by atoms with E-state index in [2.05, 4.69) is 15.6 Å². The number of hydrogen-bond donors (Lipinski definition) is 3. The molecule has 0 aliphatic rings. The number of rotatable bonds is 6. The molecule has 0 fully saturated rings. The van der Waals surface area contributed by atoms with Crippen molar-refractivity contribution in [1.82, 2.24) is 10.3 Å². The average molecular weight is 434 g/mol. The molecule has 29 heavy (non-hydrogen) atoms. The molecule has 0 spiro atoms. The van der Waals surface area contributed by atoms with E-state index >= 15 is 0 Å². The van der Waals surface area contributed by atoms with Crippen LogP contribution in [0.25, 0.3) is 11.5 Å². The molecule has 0 unspecified atom stereocenters. The molecule has 10 heteroatoms. The van der Waals surface area contributed by atoms with Crippen LogP contribution in [-0.4, -0.2) is 34.4 Å². The van der Waals surface area contributed by atoms with Crippen LogP contribution in [0.3, 0.4) is 0 Å². The molecule has 148 valence electrons. The largest absolute Gasteiger partial charge is 0.480 e. The first-order valence-electron chi connectivity index (χ1n) is 8.16. The summed E-state index contributed by atoms with van der Waals surface area (Å²) < 4.78 is 5.33. The van der Waals surface area contributed by atoms with Gasteiger partial charge in [-0.25, -0.2) is 4.98 Å². The molecule has 0 radical (unpaired) electrons. The van der Waals surface area contributed by atoms with Crippen LogP contribution in [0.5, 0.6) is 0 Å². The van der Waals surface area contributed by atoms with Crippen molar-refractivity contribution in [2.75, 3.05) is 11.9 Å². The molecule has 2 aromatic carbocycles. The SMILES string of the molecule is O=C(O)CNC(=O)c1ccc(NC(=O)c2coc(-c3ccc(Cl)c(Cl)c3)n2)cc1. The molecule has 1 heterocycles. The van der Waals surface area contributed by atoms with E-state index in [9.17, 15) is 14.4 Å². The minimum atomic E-state index is -1.14. The summed E-state index contributed by atoms with van der Waals surface area (Å²) in [6.45, 7) is -0.482. The minimum absolute atomic E-state index is 0.0503. The summed E-state index contributed by atoms with van der Waals surface area (Å²) in [7, 11) is 0. The minimum Gasteiger partial charge on any atom is -0.480 e. The number of carboxylic acid groups (broad SMARTS) is 1. The van der Waals surface area contributed by atoms with Crippen LogP contribution in [0.4, 0.5) is 5.69 Å². The Morgan fingerprint density at radius 3 is 2.38 bits per heavy atom. The number of benzene rings is 2. The van der Waals surface area contributed by atoms with E-state index in [4.69, 9.17) is 32.7 Å². The lowest BCUT2D eigenvalue weighted by atomic mass is 10.2. The fraction of sp³-hybridized carbons (Fsp3) is 0.0526. The summed E-state index contributed by atoms with van der Waals surface area (Å²) in [5, 5.41) is 14.2. The van der Waals surface area contributed by atoms with Gasteiger partial charge < -0.3 is 20.2 Å². The number of amides is 2. The molecule has 0 atom stereocenters. The molecule has 8 nitrogen and oxygen atoms in total. The Bertz CT molecular complexity index is 1080. The Labute approximate surface area is 174 Å². The maximum Gasteiger partial charge on any atom is 0.322 e. The fourth-order valence-electron chi connectivity index (χ4n) is 2.30. The monoisotopic (exact) mass is 433 g/mol. The smallest absolute Gasteiger partial charge is 0.322 e. The summed E-state index contributed by atoms with van der Waals surface area (Å²) >= 11 is 11.9. The van der Waals surface area contributed by atoms with Crippen LogP contribution < -0.4 is 10.6 Å². The molecule has 0 bridgehead atoms. The van der Waals surface area contributed by atoms with Crippen LogP contribution in [0, 0.1) is 0 Å². The van der Waals surface area contributed by atoms with E-state index in [1.54, 1.807) is 18.2 Å². The molecular weight excluding hydrogens is 421 g/mol. The van der Waals surface area contributed by atoms with Gasteiger partial charge in [0.05, 0.1) is 10.0 Å². The molecule has 0 saturated carbocycles. The van der Waals surface area contributed by atoms with Gasteiger partial charge in [0.2, 0.25) is 5.89 Å². The van der Waals surface area contributed by atoms with Crippen molar-refractivity contribution in [3.05, 3.63) is 70.0 Å². The van der Waals surface area contributed by atoms with Gasteiger partial charge >= 0.3 is 5.97 Å². The van der Waals surface area contributed by atoms with Crippen molar-refractivity contribution < 1.29 is 23.9 Å². The van der Waals surface area contributed by atoms with Crippen LogP contribution in [0.2, 0.25) is 10.0 Å². The summed E-state index contributed by atoms with van der Waals surface area (Å²) in [4.78, 5) is 38.8. The van der Waals surface area contributed by atoms with E-state index in [0.717, 1.165) is 0 Å². The second-order valence-electron chi connectivity index (χ2n) is 5.77. The third-order valence-corrected chi connectivity index (χ3v) is 4.45. The highest BCUT2D eigenvalue weighted by Gasteiger charge is 2.15. The van der Waals surface area contributed by atoms with Crippen LogP contribution >= 0.6 is 23.2 Å². The van der Waals surface area contributed by atoms with Gasteiger partial charge in [-0.05, 0) is 42.5 Å². The summed E-state index contributed by atoms with van der Waals surface area (Å²) in [6.07, 6.45) is 1.21. The van der Waals surface area contributed by atoms with Crippen molar-refractivity contribution in [3.8, 4) is 11.5 Å². The first kappa shape index (κ1) is 20.4. The van der Waals surface area contributed by atoms with E-state index in [-0.39, 0.29) is 17.1 Å². The molecule has 0 aliphatic carbocycles. The molecular formula is C19H13Cl2N3O5. The number of aliphatic carboxylic acids is 1. The van der Waals surface area contributed by atoms with Gasteiger partial charge in [0.15, 0.2) is 5.69 Å². The Hall–Kier alpha value is -3.36. The standard InChI is InChI=1S/C19H13Cl2N3O5/c20-13-6-3-11(7-14(13)21)19-24-15(9-29-19)18(28)23-12-4-1-10(2-5-12)17(27)22-8-16(25)26/h1-7,9H,8H2,(H,22,27)(H,23,28)(H,25,26). The van der Waals surface area contributed by atoms with Gasteiger partial charge in [-0.3, -0.25) is 14.4 Å². The van der Waals surface area contributed by atoms with Gasteiger partial charge in [0.1, 0.15) is 12.8 Å². The van der Waals surface area contributed by atoms with Crippen LogP contribution in [0.15, 0.2) is 53.1 Å². The number of aromatic nitrogens is 1. The zero-order valence-corrected chi connectivity index (χ0v) is 16.1. The lowest BCUT2D eigenvalue weighted by molar-refractivity contribution is -0.135. The maximum atomic E-state index is 12.4. The van der Waals surface area contributed by atoms with Gasteiger partial charge in [-0.15, -0.1) is 0 Å². The number of oxazole rings is 1. The van der Waals surface area contributed by atoms with Crippen LogP contribution in [-0.2, 0) is 4.79 Å². The van der Waals surface area contributed by atoms with Crippen molar-refractivity contribution in [2.45, 2.75) is 0 Å². The normalized spacial score (nSPS) is 10.4. The highest BCUT2D eigenvalue weighted by atomic mass is 35.5. The predicted molar refractivity (Wildman–Crippen MR) is 106 cm³/mol. The highest BCUT2D eigenvalue weighted by Crippen LogP contribution is 2.28. The molecule has 3 N–H and O–H groups in total. The van der Waals surface area contributed by atoms with Gasteiger partial charge in [-0.2, -0.15) is 0 Å². The fourth-order valence-corrected chi connectivity index (χ4v) is 2.60. The second-order valence-corrected chi connectivity index (χ2v) is 6.59.